The maximum absolute atomic E-state index is 13.0. The smallest absolute Gasteiger partial charge is 0.260 e. The number of nitrogens with zero attached hydrogens (tertiary/aromatic N) is 2. The van der Waals surface area contributed by atoms with Crippen LogP contribution in [0.15, 0.2) is 53.7 Å². The third kappa shape index (κ3) is 3.82. The van der Waals surface area contributed by atoms with Crippen molar-refractivity contribution in [2.75, 3.05) is 6.54 Å². The number of pyridine rings is 1. The van der Waals surface area contributed by atoms with Crippen molar-refractivity contribution in [2.45, 2.75) is 29.5 Å². The molecule has 2 heterocycles. The van der Waals surface area contributed by atoms with Gasteiger partial charge in [0.25, 0.3) is 5.91 Å². The molecule has 24 heavy (non-hydrogen) atoms. The van der Waals surface area contributed by atoms with E-state index in [9.17, 15) is 14.0 Å². The van der Waals surface area contributed by atoms with Gasteiger partial charge in [0.1, 0.15) is 5.82 Å². The van der Waals surface area contributed by atoms with Gasteiger partial charge in [0.05, 0.1) is 10.3 Å². The molecule has 0 aliphatic carbocycles. The van der Waals surface area contributed by atoms with Crippen LogP contribution in [0.3, 0.4) is 0 Å². The van der Waals surface area contributed by atoms with Gasteiger partial charge in [-0.1, -0.05) is 24.2 Å². The van der Waals surface area contributed by atoms with Crippen LogP contribution < -0.4 is 0 Å². The molecule has 1 saturated heterocycles. The average molecular weight is 344 g/mol. The second-order valence-corrected chi connectivity index (χ2v) is 6.80. The largest absolute Gasteiger partial charge is 0.278 e. The first-order valence-electron chi connectivity index (χ1n) is 7.84. The lowest BCUT2D eigenvalue weighted by Crippen LogP contribution is -2.41. The van der Waals surface area contributed by atoms with E-state index in [1.165, 1.54) is 40.9 Å². The van der Waals surface area contributed by atoms with E-state index in [-0.39, 0.29) is 17.1 Å². The summed E-state index contributed by atoms with van der Waals surface area (Å²) in [6.45, 7) is 0.397. The van der Waals surface area contributed by atoms with Gasteiger partial charge in [-0.15, -0.1) is 0 Å². The van der Waals surface area contributed by atoms with Crippen LogP contribution in [-0.2, 0) is 4.79 Å². The second-order valence-electron chi connectivity index (χ2n) is 5.57. The predicted octanol–water partition coefficient (Wildman–Crippen LogP) is 3.53. The molecular weight excluding hydrogens is 327 g/mol. The molecule has 2 amide bonds. The van der Waals surface area contributed by atoms with Crippen LogP contribution in [0.5, 0.6) is 0 Å². The van der Waals surface area contributed by atoms with Gasteiger partial charge in [0.15, 0.2) is 0 Å². The first-order valence-corrected chi connectivity index (χ1v) is 8.72. The Hall–Kier alpha value is -2.21. The molecule has 0 saturated carbocycles. The van der Waals surface area contributed by atoms with Gasteiger partial charge in [-0.2, -0.15) is 0 Å². The number of hydrogen-bond donors (Lipinski definition) is 0. The SMILES string of the molecule is O=C(c1ccc(F)cc1)N1CCCC[C@@H](Sc2ccccn2)C1=O. The Morgan fingerprint density at radius 2 is 1.96 bits per heavy atom. The summed E-state index contributed by atoms with van der Waals surface area (Å²) < 4.78 is 13.0. The Morgan fingerprint density at radius 1 is 1.17 bits per heavy atom. The average Bonchev–Trinajstić information content (AvgIpc) is 2.78. The van der Waals surface area contributed by atoms with Crippen molar-refractivity contribution >= 4 is 23.6 Å². The highest BCUT2D eigenvalue weighted by atomic mass is 32.2. The van der Waals surface area contributed by atoms with Crippen molar-refractivity contribution in [3.63, 3.8) is 0 Å². The minimum Gasteiger partial charge on any atom is -0.278 e. The van der Waals surface area contributed by atoms with Crippen LogP contribution in [-0.4, -0.2) is 33.5 Å². The number of rotatable bonds is 3. The highest BCUT2D eigenvalue weighted by molar-refractivity contribution is 8.00. The maximum Gasteiger partial charge on any atom is 0.260 e. The first-order chi connectivity index (χ1) is 11.6. The van der Waals surface area contributed by atoms with Gasteiger partial charge in [-0.3, -0.25) is 14.5 Å². The molecule has 1 aliphatic heterocycles. The summed E-state index contributed by atoms with van der Waals surface area (Å²) in [5.74, 6) is -0.969. The standard InChI is InChI=1S/C18H17FN2O2S/c19-14-9-7-13(8-10-14)17(22)21-12-4-2-5-15(18(21)23)24-16-6-1-3-11-20-16/h1,3,6-11,15H,2,4-5,12H2/t15-/m1/s1. The number of aromatic nitrogens is 1. The molecule has 4 nitrogen and oxygen atoms in total. The molecule has 0 spiro atoms. The number of carbonyl (C=O) groups is 2. The van der Waals surface area contributed by atoms with Gasteiger partial charge in [-0.25, -0.2) is 9.37 Å². The number of halogens is 1. The zero-order valence-electron chi connectivity index (χ0n) is 13.0. The molecule has 1 aromatic carbocycles. The van der Waals surface area contributed by atoms with Crippen LogP contribution in [0.4, 0.5) is 4.39 Å². The number of thioether (sulfide) groups is 1. The molecule has 124 valence electrons. The Labute approximate surface area is 144 Å². The summed E-state index contributed by atoms with van der Waals surface area (Å²) in [7, 11) is 0. The van der Waals surface area contributed by atoms with Crippen molar-refractivity contribution < 1.29 is 14.0 Å². The highest BCUT2D eigenvalue weighted by Gasteiger charge is 2.32. The predicted molar refractivity (Wildman–Crippen MR) is 90.2 cm³/mol. The van der Waals surface area contributed by atoms with Gasteiger partial charge in [0.2, 0.25) is 5.91 Å². The summed E-state index contributed by atoms with van der Waals surface area (Å²) in [5, 5.41) is 0.443. The minimum absolute atomic E-state index is 0.197. The Morgan fingerprint density at radius 3 is 2.67 bits per heavy atom. The fourth-order valence-corrected chi connectivity index (χ4v) is 3.71. The van der Waals surface area contributed by atoms with Gasteiger partial charge < -0.3 is 0 Å². The lowest BCUT2D eigenvalue weighted by molar-refractivity contribution is -0.127. The zero-order valence-corrected chi connectivity index (χ0v) is 13.8. The molecule has 1 atom stereocenters. The Kier molecular flexibility index (Phi) is 5.25. The number of carbonyl (C=O) groups excluding carboxylic acids is 2. The van der Waals surface area contributed by atoms with Crippen molar-refractivity contribution in [3.8, 4) is 0 Å². The number of imide groups is 1. The summed E-state index contributed by atoms with van der Waals surface area (Å²) in [6.07, 6.45) is 4.06. The maximum atomic E-state index is 13.0. The number of benzene rings is 1. The summed E-state index contributed by atoms with van der Waals surface area (Å²) >= 11 is 1.39. The van der Waals surface area contributed by atoms with E-state index in [1.54, 1.807) is 6.20 Å². The fraction of sp³-hybridized carbons (Fsp3) is 0.278. The Bertz CT molecular complexity index is 722. The van der Waals surface area contributed by atoms with E-state index in [2.05, 4.69) is 4.98 Å². The number of hydrogen-bond acceptors (Lipinski definition) is 4. The lowest BCUT2D eigenvalue weighted by atomic mass is 10.2. The molecule has 0 N–H and O–H groups in total. The molecule has 0 bridgehead atoms. The zero-order chi connectivity index (χ0) is 16.9. The van der Waals surface area contributed by atoms with Crippen LogP contribution in [0, 0.1) is 5.82 Å². The molecule has 1 aliphatic rings. The van der Waals surface area contributed by atoms with Gasteiger partial charge in [-0.05, 0) is 49.2 Å². The molecular formula is C18H17FN2O2S. The summed E-state index contributed by atoms with van der Waals surface area (Å²) in [4.78, 5) is 31.0. The molecule has 1 fully saturated rings. The number of likely N-dealkylation sites (tertiary alicyclic amines) is 1. The fourth-order valence-electron chi connectivity index (χ4n) is 2.63. The van der Waals surface area contributed by atoms with Crippen LogP contribution in [0.1, 0.15) is 29.6 Å². The highest BCUT2D eigenvalue weighted by Crippen LogP contribution is 2.29. The van der Waals surface area contributed by atoms with Crippen molar-refractivity contribution in [2.24, 2.45) is 0 Å². The molecule has 0 unspecified atom stereocenters. The monoisotopic (exact) mass is 344 g/mol. The van der Waals surface area contributed by atoms with E-state index >= 15 is 0 Å². The van der Waals surface area contributed by atoms with Crippen molar-refractivity contribution in [3.05, 3.63) is 60.0 Å². The van der Waals surface area contributed by atoms with Crippen LogP contribution in [0.2, 0.25) is 0 Å². The van der Waals surface area contributed by atoms with Gasteiger partial charge >= 0.3 is 0 Å². The minimum atomic E-state index is -0.405. The molecule has 3 rings (SSSR count). The van der Waals surface area contributed by atoms with E-state index in [0.717, 1.165) is 17.9 Å². The van der Waals surface area contributed by atoms with Crippen molar-refractivity contribution in [1.29, 1.82) is 0 Å². The Balaban J connectivity index is 1.78. The third-order valence-corrected chi connectivity index (χ3v) is 5.08. The van der Waals surface area contributed by atoms with Crippen LogP contribution >= 0.6 is 11.8 Å². The van der Waals surface area contributed by atoms with E-state index in [4.69, 9.17) is 0 Å². The molecule has 6 heteroatoms. The third-order valence-electron chi connectivity index (χ3n) is 3.88. The van der Waals surface area contributed by atoms with Gasteiger partial charge in [0, 0.05) is 18.3 Å². The topological polar surface area (TPSA) is 50.3 Å². The number of amides is 2. The van der Waals surface area contributed by atoms with Crippen molar-refractivity contribution in [1.82, 2.24) is 9.88 Å². The molecule has 0 radical (unpaired) electrons. The van der Waals surface area contributed by atoms with E-state index in [1.807, 2.05) is 18.2 Å². The first kappa shape index (κ1) is 16.6. The van der Waals surface area contributed by atoms with Crippen LogP contribution in [0.25, 0.3) is 0 Å². The lowest BCUT2D eigenvalue weighted by Gasteiger charge is -2.22. The second kappa shape index (κ2) is 7.57. The molecule has 1 aromatic heterocycles. The summed E-state index contributed by atoms with van der Waals surface area (Å²) in [6, 6.07) is 10.8. The van der Waals surface area contributed by atoms with E-state index < -0.39 is 5.82 Å². The molecule has 2 aromatic rings. The normalized spacial score (nSPS) is 18.3. The van der Waals surface area contributed by atoms with E-state index in [0.29, 0.717) is 18.5 Å². The quantitative estimate of drug-likeness (QED) is 0.799. The summed E-state index contributed by atoms with van der Waals surface area (Å²) in [5.41, 5.74) is 0.327.